The van der Waals surface area contributed by atoms with Crippen LogP contribution in [-0.2, 0) is 24.8 Å². The molecule has 0 saturated carbocycles. The molecule has 46 heavy (non-hydrogen) atoms. The van der Waals surface area contributed by atoms with E-state index in [9.17, 15) is 14.3 Å². The number of carbonyl (C=O) groups excluding carboxylic acids is 1. The van der Waals surface area contributed by atoms with Crippen LogP contribution in [0.5, 0.6) is 11.6 Å². The van der Waals surface area contributed by atoms with Gasteiger partial charge in [-0.3, -0.25) is 4.68 Å². The molecule has 1 N–H and O–H groups in total. The minimum Gasteiger partial charge on any atom is -0.489 e. The smallest absolute Gasteiger partial charge is 0.410 e. The van der Waals surface area contributed by atoms with Gasteiger partial charge in [-0.05, 0) is 68.5 Å². The highest BCUT2D eigenvalue weighted by molar-refractivity contribution is 5.89. The van der Waals surface area contributed by atoms with Gasteiger partial charge in [-0.2, -0.15) is 9.49 Å². The number of methoxy groups -OCH3 is 1. The van der Waals surface area contributed by atoms with Crippen molar-refractivity contribution in [1.82, 2.24) is 19.7 Å². The first-order chi connectivity index (χ1) is 21.4. The molecular formula is C35H44F2N4O5. The largest absolute Gasteiger partial charge is 0.489 e. The number of fused-ring (bicyclic) bond motifs is 1. The molecule has 2 aromatic carbocycles. The van der Waals surface area contributed by atoms with E-state index in [0.717, 1.165) is 22.9 Å². The van der Waals surface area contributed by atoms with Crippen molar-refractivity contribution in [1.29, 1.82) is 0 Å². The SMILES string of the molecule is COc1cc(CN(C)C(=O)OC(C)(C)C)c2cc(-c3ccc(F)c(F)c3OCCc3c(C(O)C(C)(C)C)nn(C)c3C)ccc2n1. The molecule has 1 amide bonds. The number of carbonyl (C=O) groups is 1. The summed E-state index contributed by atoms with van der Waals surface area (Å²) in [5, 5.41) is 16.2. The lowest BCUT2D eigenvalue weighted by atomic mass is 9.85. The highest BCUT2D eigenvalue weighted by atomic mass is 19.2. The lowest BCUT2D eigenvalue weighted by molar-refractivity contribution is 0.0285. The van der Waals surface area contributed by atoms with E-state index in [1.54, 1.807) is 57.7 Å². The van der Waals surface area contributed by atoms with Crippen LogP contribution in [0.25, 0.3) is 22.0 Å². The molecule has 0 aliphatic rings. The summed E-state index contributed by atoms with van der Waals surface area (Å²) in [6.45, 7) is 13.2. The summed E-state index contributed by atoms with van der Waals surface area (Å²) in [4.78, 5) is 18.7. The molecule has 1 atom stereocenters. The molecule has 0 bridgehead atoms. The van der Waals surface area contributed by atoms with Crippen molar-refractivity contribution in [3.8, 4) is 22.8 Å². The monoisotopic (exact) mass is 638 g/mol. The van der Waals surface area contributed by atoms with Crippen molar-refractivity contribution in [2.24, 2.45) is 12.5 Å². The first-order valence-corrected chi connectivity index (χ1v) is 15.1. The Morgan fingerprint density at radius 1 is 1.09 bits per heavy atom. The van der Waals surface area contributed by atoms with Crippen LogP contribution in [0.4, 0.5) is 13.6 Å². The third kappa shape index (κ3) is 7.58. The summed E-state index contributed by atoms with van der Waals surface area (Å²) in [5.74, 6) is -2.00. The fourth-order valence-electron chi connectivity index (χ4n) is 5.10. The van der Waals surface area contributed by atoms with Crippen molar-refractivity contribution in [3.05, 3.63) is 70.5 Å². The average Bonchev–Trinajstić information content (AvgIpc) is 3.25. The van der Waals surface area contributed by atoms with Crippen LogP contribution < -0.4 is 9.47 Å². The molecule has 0 radical (unpaired) electrons. The van der Waals surface area contributed by atoms with Gasteiger partial charge in [-0.25, -0.2) is 14.2 Å². The number of nitrogens with zero attached hydrogens (tertiary/aromatic N) is 4. The van der Waals surface area contributed by atoms with E-state index in [0.29, 0.717) is 40.0 Å². The summed E-state index contributed by atoms with van der Waals surface area (Å²) in [7, 11) is 4.94. The average molecular weight is 639 g/mol. The van der Waals surface area contributed by atoms with Crippen molar-refractivity contribution in [3.63, 3.8) is 0 Å². The first kappa shape index (κ1) is 34.6. The standard InChI is InChI=1S/C35H44F2N4O5/c1-20-23(30(39-41(20)9)32(42)34(2,3)4)15-16-45-31-24(12-13-26(36)29(31)37)21-11-14-27-25(17-21)22(18-28(38-27)44-10)19-40(8)33(43)46-35(5,6)7/h11-14,17-18,32,42H,15-16,19H2,1-10H3. The maximum absolute atomic E-state index is 15.4. The second-order valence-electron chi connectivity index (χ2n) is 13.6. The summed E-state index contributed by atoms with van der Waals surface area (Å²) < 4.78 is 48.5. The van der Waals surface area contributed by atoms with E-state index in [1.807, 2.05) is 33.8 Å². The minimum absolute atomic E-state index is 0.0159. The molecule has 0 saturated heterocycles. The highest BCUT2D eigenvalue weighted by Crippen LogP contribution is 2.38. The molecule has 4 rings (SSSR count). The Bertz CT molecular complexity index is 1740. The predicted octanol–water partition coefficient (Wildman–Crippen LogP) is 7.30. The van der Waals surface area contributed by atoms with Gasteiger partial charge in [0, 0.05) is 55.3 Å². The van der Waals surface area contributed by atoms with Gasteiger partial charge in [0.2, 0.25) is 11.7 Å². The number of hydrogen-bond donors (Lipinski definition) is 1. The normalized spacial score (nSPS) is 12.7. The number of ether oxygens (including phenoxy) is 3. The molecule has 1 unspecified atom stereocenters. The van der Waals surface area contributed by atoms with Crippen LogP contribution in [0.2, 0.25) is 0 Å². The molecular weight excluding hydrogens is 594 g/mol. The van der Waals surface area contributed by atoms with Gasteiger partial charge in [0.15, 0.2) is 11.6 Å². The zero-order valence-electron chi connectivity index (χ0n) is 28.3. The number of halogens is 2. The number of aromatic nitrogens is 3. The van der Waals surface area contributed by atoms with Crippen LogP contribution in [0, 0.1) is 24.0 Å². The maximum atomic E-state index is 15.4. The number of hydrogen-bond acceptors (Lipinski definition) is 7. The Balaban J connectivity index is 1.70. The number of pyridine rings is 1. The number of benzene rings is 2. The maximum Gasteiger partial charge on any atom is 0.410 e. The van der Waals surface area contributed by atoms with Crippen molar-refractivity contribution < 1.29 is 32.9 Å². The van der Waals surface area contributed by atoms with Gasteiger partial charge in [-0.1, -0.05) is 26.8 Å². The summed E-state index contributed by atoms with van der Waals surface area (Å²) in [6.07, 6.45) is -0.997. The van der Waals surface area contributed by atoms with E-state index in [1.165, 1.54) is 18.1 Å². The summed E-state index contributed by atoms with van der Waals surface area (Å²) in [5.41, 5.74) is 3.30. The van der Waals surface area contributed by atoms with Gasteiger partial charge >= 0.3 is 6.09 Å². The molecule has 248 valence electrons. The number of amides is 1. The van der Waals surface area contributed by atoms with E-state index in [2.05, 4.69) is 10.1 Å². The van der Waals surface area contributed by atoms with Gasteiger partial charge < -0.3 is 24.2 Å². The van der Waals surface area contributed by atoms with Crippen LogP contribution >= 0.6 is 0 Å². The number of aliphatic hydroxyl groups excluding tert-OH is 1. The van der Waals surface area contributed by atoms with Crippen LogP contribution in [0.1, 0.15) is 70.2 Å². The van der Waals surface area contributed by atoms with E-state index in [-0.39, 0.29) is 18.9 Å². The third-order valence-electron chi connectivity index (χ3n) is 7.72. The highest BCUT2D eigenvalue weighted by Gasteiger charge is 2.30. The summed E-state index contributed by atoms with van der Waals surface area (Å²) >= 11 is 0. The molecule has 0 fully saturated rings. The molecule has 0 aliphatic heterocycles. The Morgan fingerprint density at radius 3 is 2.41 bits per heavy atom. The zero-order valence-corrected chi connectivity index (χ0v) is 28.3. The van der Waals surface area contributed by atoms with Crippen molar-refractivity contribution in [2.45, 2.75) is 73.1 Å². The molecule has 9 nitrogen and oxygen atoms in total. The first-order valence-electron chi connectivity index (χ1n) is 15.1. The predicted molar refractivity (Wildman–Crippen MR) is 173 cm³/mol. The second-order valence-corrected chi connectivity index (χ2v) is 13.6. The van der Waals surface area contributed by atoms with Crippen molar-refractivity contribution >= 4 is 17.0 Å². The Hall–Kier alpha value is -4.25. The molecule has 0 aliphatic carbocycles. The number of aryl methyl sites for hydroxylation is 1. The zero-order chi connectivity index (χ0) is 34.1. The van der Waals surface area contributed by atoms with E-state index >= 15 is 4.39 Å². The second kappa shape index (κ2) is 13.2. The Labute approximate surface area is 269 Å². The number of rotatable bonds is 9. The molecule has 2 aromatic heterocycles. The van der Waals surface area contributed by atoms with Crippen molar-refractivity contribution in [2.75, 3.05) is 20.8 Å². The van der Waals surface area contributed by atoms with E-state index in [4.69, 9.17) is 14.2 Å². The van der Waals surface area contributed by atoms with Gasteiger partial charge in [0.1, 0.15) is 11.7 Å². The minimum atomic E-state index is -1.10. The molecule has 11 heteroatoms. The van der Waals surface area contributed by atoms with Crippen LogP contribution in [0.15, 0.2) is 36.4 Å². The van der Waals surface area contributed by atoms with Gasteiger partial charge in [-0.15, -0.1) is 0 Å². The van der Waals surface area contributed by atoms with Crippen LogP contribution in [0.3, 0.4) is 0 Å². The summed E-state index contributed by atoms with van der Waals surface area (Å²) in [6, 6.07) is 9.59. The molecule has 4 aromatic rings. The third-order valence-corrected chi connectivity index (χ3v) is 7.72. The topological polar surface area (TPSA) is 98.9 Å². The van der Waals surface area contributed by atoms with Gasteiger partial charge in [0.25, 0.3) is 0 Å². The lowest BCUT2D eigenvalue weighted by Crippen LogP contribution is -2.33. The lowest BCUT2D eigenvalue weighted by Gasteiger charge is -2.25. The molecule has 2 heterocycles. The number of aliphatic hydroxyl groups is 1. The Morgan fingerprint density at radius 2 is 1.78 bits per heavy atom. The van der Waals surface area contributed by atoms with Crippen LogP contribution in [-0.4, -0.2) is 57.2 Å². The van der Waals surface area contributed by atoms with Gasteiger partial charge in [0.05, 0.1) is 24.9 Å². The Kier molecular flexibility index (Phi) is 9.96. The fourth-order valence-corrected chi connectivity index (χ4v) is 5.10. The quantitative estimate of drug-likeness (QED) is 0.205. The molecule has 0 spiro atoms. The fraction of sp³-hybridized carbons (Fsp3) is 0.457. The van der Waals surface area contributed by atoms with E-state index < -0.39 is 34.8 Å².